The molecule has 2 aromatic carbocycles. The number of hydrogen-bond donors (Lipinski definition) is 0. The van der Waals surface area contributed by atoms with Crippen LogP contribution in [0.15, 0.2) is 45.3 Å². The molecule has 0 aliphatic heterocycles. The standard InChI is InChI=1S/C19H23BrOSi/c1-19(2,3)18(22(4)5)12-6-8-14-15-9-7-13(20)11-17(15)21-16(14)10-12/h6-11,18,22H,1-5H3. The van der Waals surface area contributed by atoms with Crippen LogP contribution in [-0.2, 0) is 0 Å². The fourth-order valence-electron chi connectivity index (χ4n) is 3.85. The molecule has 0 bridgehead atoms. The van der Waals surface area contributed by atoms with Crippen LogP contribution in [0.1, 0.15) is 31.9 Å². The molecule has 0 spiro atoms. The largest absolute Gasteiger partial charge is 0.456 e. The number of fused-ring (bicyclic) bond motifs is 3. The zero-order valence-corrected chi connectivity index (χ0v) is 16.6. The summed E-state index contributed by atoms with van der Waals surface area (Å²) in [5.74, 6) is 0. The third-order valence-electron chi connectivity index (χ3n) is 4.42. The summed E-state index contributed by atoms with van der Waals surface area (Å²) in [6, 6.07) is 13.1. The number of benzene rings is 2. The van der Waals surface area contributed by atoms with Crippen molar-refractivity contribution in [3.63, 3.8) is 0 Å². The van der Waals surface area contributed by atoms with E-state index in [2.05, 4.69) is 80.1 Å². The third kappa shape index (κ3) is 2.77. The van der Waals surface area contributed by atoms with Crippen molar-refractivity contribution in [1.29, 1.82) is 0 Å². The van der Waals surface area contributed by atoms with E-state index >= 15 is 0 Å². The first-order chi connectivity index (χ1) is 10.3. The molecule has 1 nitrogen and oxygen atoms in total. The zero-order chi connectivity index (χ0) is 16.1. The van der Waals surface area contributed by atoms with Gasteiger partial charge in [-0.15, -0.1) is 0 Å². The van der Waals surface area contributed by atoms with Crippen molar-refractivity contribution in [2.24, 2.45) is 5.41 Å². The molecule has 0 aliphatic rings. The molecule has 3 rings (SSSR count). The van der Waals surface area contributed by atoms with Crippen molar-refractivity contribution in [3.05, 3.63) is 46.4 Å². The lowest BCUT2D eigenvalue weighted by atomic mass is 9.87. The van der Waals surface area contributed by atoms with E-state index in [-0.39, 0.29) is 0 Å². The zero-order valence-electron chi connectivity index (χ0n) is 13.9. The second kappa shape index (κ2) is 5.54. The minimum absolute atomic E-state index is 0.295. The fourth-order valence-corrected chi connectivity index (χ4v) is 7.16. The minimum atomic E-state index is -0.810. The summed E-state index contributed by atoms with van der Waals surface area (Å²) < 4.78 is 7.16. The molecule has 1 aromatic heterocycles. The summed E-state index contributed by atoms with van der Waals surface area (Å²) in [4.78, 5) is 0. The summed E-state index contributed by atoms with van der Waals surface area (Å²) in [5, 5.41) is 2.41. The highest BCUT2D eigenvalue weighted by Gasteiger charge is 2.30. The average molecular weight is 375 g/mol. The molecule has 0 amide bonds. The summed E-state index contributed by atoms with van der Waals surface area (Å²) in [6.45, 7) is 11.9. The Kier molecular flexibility index (Phi) is 3.98. The number of rotatable bonds is 2. The Labute approximate surface area is 142 Å². The lowest BCUT2D eigenvalue weighted by Crippen LogP contribution is -2.29. The van der Waals surface area contributed by atoms with Crippen LogP contribution >= 0.6 is 15.9 Å². The van der Waals surface area contributed by atoms with E-state index in [1.54, 1.807) is 0 Å². The molecule has 22 heavy (non-hydrogen) atoms. The first kappa shape index (κ1) is 15.8. The van der Waals surface area contributed by atoms with E-state index in [1.807, 2.05) is 6.07 Å². The Morgan fingerprint density at radius 2 is 1.55 bits per heavy atom. The molecule has 0 fully saturated rings. The second-order valence-corrected chi connectivity index (χ2v) is 11.7. The number of furan rings is 1. The van der Waals surface area contributed by atoms with Gasteiger partial charge in [-0.05, 0) is 40.8 Å². The van der Waals surface area contributed by atoms with Gasteiger partial charge in [0.1, 0.15) is 11.2 Å². The summed E-state index contributed by atoms with van der Waals surface area (Å²) in [6.07, 6.45) is 0. The summed E-state index contributed by atoms with van der Waals surface area (Å²) in [5.41, 5.74) is 4.34. The smallest absolute Gasteiger partial charge is 0.136 e. The van der Waals surface area contributed by atoms with Gasteiger partial charge in [-0.2, -0.15) is 0 Å². The van der Waals surface area contributed by atoms with Crippen LogP contribution in [0, 0.1) is 5.41 Å². The van der Waals surface area contributed by atoms with Crippen LogP contribution in [0.3, 0.4) is 0 Å². The molecular formula is C19H23BrOSi. The van der Waals surface area contributed by atoms with Crippen LogP contribution in [-0.4, -0.2) is 8.80 Å². The molecule has 1 atom stereocenters. The monoisotopic (exact) mass is 374 g/mol. The normalized spacial score (nSPS) is 14.1. The Hall–Kier alpha value is -1.06. The van der Waals surface area contributed by atoms with Gasteiger partial charge in [0.25, 0.3) is 0 Å². The molecule has 1 heterocycles. The van der Waals surface area contributed by atoms with Crippen molar-refractivity contribution >= 4 is 46.7 Å². The maximum Gasteiger partial charge on any atom is 0.136 e. The third-order valence-corrected chi connectivity index (χ3v) is 7.63. The molecule has 3 aromatic rings. The van der Waals surface area contributed by atoms with Crippen molar-refractivity contribution in [1.82, 2.24) is 0 Å². The minimum Gasteiger partial charge on any atom is -0.456 e. The van der Waals surface area contributed by atoms with Gasteiger partial charge in [-0.25, -0.2) is 0 Å². The first-order valence-corrected chi connectivity index (χ1v) is 11.7. The summed E-state index contributed by atoms with van der Waals surface area (Å²) >= 11 is 3.52. The van der Waals surface area contributed by atoms with Crippen molar-refractivity contribution in [3.8, 4) is 0 Å². The van der Waals surface area contributed by atoms with E-state index in [9.17, 15) is 0 Å². The lowest BCUT2D eigenvalue weighted by molar-refractivity contribution is 0.389. The van der Waals surface area contributed by atoms with Gasteiger partial charge in [0.2, 0.25) is 0 Å². The van der Waals surface area contributed by atoms with E-state index in [1.165, 1.54) is 16.3 Å². The van der Waals surface area contributed by atoms with Crippen LogP contribution < -0.4 is 0 Å². The van der Waals surface area contributed by atoms with E-state index < -0.39 is 8.80 Å². The topological polar surface area (TPSA) is 13.1 Å². The van der Waals surface area contributed by atoms with E-state index in [0.29, 0.717) is 11.0 Å². The predicted molar refractivity (Wildman–Crippen MR) is 102 cm³/mol. The van der Waals surface area contributed by atoms with Gasteiger partial charge in [0.05, 0.1) is 0 Å². The Morgan fingerprint density at radius 1 is 0.955 bits per heavy atom. The molecule has 0 N–H and O–H groups in total. The molecule has 0 saturated carbocycles. The maximum absolute atomic E-state index is 6.10. The molecular weight excluding hydrogens is 352 g/mol. The first-order valence-electron chi connectivity index (χ1n) is 7.89. The predicted octanol–water partition coefficient (Wildman–Crippen LogP) is 6.50. The Balaban J connectivity index is 2.19. The van der Waals surface area contributed by atoms with E-state index in [4.69, 9.17) is 4.42 Å². The van der Waals surface area contributed by atoms with Gasteiger partial charge in [0, 0.05) is 24.0 Å². The highest BCUT2D eigenvalue weighted by molar-refractivity contribution is 9.10. The van der Waals surface area contributed by atoms with Gasteiger partial charge in [0.15, 0.2) is 0 Å². The van der Waals surface area contributed by atoms with Crippen LogP contribution in [0.25, 0.3) is 21.9 Å². The van der Waals surface area contributed by atoms with Crippen molar-refractivity contribution in [2.75, 3.05) is 0 Å². The van der Waals surface area contributed by atoms with Gasteiger partial charge in [-0.1, -0.05) is 61.9 Å². The average Bonchev–Trinajstić information content (AvgIpc) is 2.72. The Bertz CT molecular complexity index is 826. The maximum atomic E-state index is 6.10. The summed E-state index contributed by atoms with van der Waals surface area (Å²) in [7, 11) is -0.810. The lowest BCUT2D eigenvalue weighted by Gasteiger charge is -2.34. The number of halogens is 1. The van der Waals surface area contributed by atoms with Crippen LogP contribution in [0.4, 0.5) is 0 Å². The molecule has 0 aliphatic carbocycles. The van der Waals surface area contributed by atoms with Gasteiger partial charge >= 0.3 is 0 Å². The molecule has 3 heteroatoms. The van der Waals surface area contributed by atoms with E-state index in [0.717, 1.165) is 15.6 Å². The Morgan fingerprint density at radius 3 is 2.14 bits per heavy atom. The molecule has 0 saturated heterocycles. The van der Waals surface area contributed by atoms with Crippen LogP contribution in [0.5, 0.6) is 0 Å². The van der Waals surface area contributed by atoms with Crippen molar-refractivity contribution < 1.29 is 4.42 Å². The van der Waals surface area contributed by atoms with Crippen LogP contribution in [0.2, 0.25) is 13.1 Å². The molecule has 0 radical (unpaired) electrons. The fraction of sp³-hybridized carbons (Fsp3) is 0.368. The molecule has 116 valence electrons. The number of hydrogen-bond acceptors (Lipinski definition) is 1. The highest BCUT2D eigenvalue weighted by atomic mass is 79.9. The van der Waals surface area contributed by atoms with Gasteiger partial charge in [-0.3, -0.25) is 0 Å². The van der Waals surface area contributed by atoms with Gasteiger partial charge < -0.3 is 4.42 Å². The second-order valence-electron chi connectivity index (χ2n) is 7.59. The SMILES string of the molecule is C[SiH](C)C(c1ccc2c(c1)oc1cc(Br)ccc12)C(C)(C)C. The highest BCUT2D eigenvalue weighted by Crippen LogP contribution is 2.39. The molecule has 1 unspecified atom stereocenters. The van der Waals surface area contributed by atoms with Crippen molar-refractivity contribution in [2.45, 2.75) is 39.4 Å². The quantitative estimate of drug-likeness (QED) is 0.466.